The number of carbonyl (C=O) groups is 2. The van der Waals surface area contributed by atoms with Gasteiger partial charge in [-0.05, 0) is 12.5 Å². The van der Waals surface area contributed by atoms with Gasteiger partial charge in [0.05, 0.1) is 11.3 Å². The fourth-order valence-corrected chi connectivity index (χ4v) is 1.96. The van der Waals surface area contributed by atoms with Crippen LogP contribution in [0.2, 0.25) is 5.15 Å². The van der Waals surface area contributed by atoms with Gasteiger partial charge in [-0.3, -0.25) is 19.7 Å². The monoisotopic (exact) mass is 315 g/mol. The highest BCUT2D eigenvalue weighted by Crippen LogP contribution is 2.20. The molecule has 0 fully saturated rings. The summed E-state index contributed by atoms with van der Waals surface area (Å²) in [5.74, 6) is -1.80. The summed E-state index contributed by atoms with van der Waals surface area (Å²) in [5, 5.41) is 22.1. The van der Waals surface area contributed by atoms with E-state index in [1.54, 1.807) is 0 Å². The first-order chi connectivity index (χ1) is 9.85. The number of pyridine rings is 1. The first-order valence-corrected chi connectivity index (χ1v) is 6.55. The molecule has 0 saturated heterocycles. The van der Waals surface area contributed by atoms with Gasteiger partial charge in [-0.15, -0.1) is 0 Å². The van der Waals surface area contributed by atoms with Crippen LogP contribution < -0.4 is 5.32 Å². The van der Waals surface area contributed by atoms with Crippen LogP contribution in [0, 0.1) is 10.1 Å². The number of aromatic nitrogens is 1. The smallest absolute Gasteiger partial charge is 0.305 e. The fourth-order valence-electron chi connectivity index (χ4n) is 1.80. The van der Waals surface area contributed by atoms with E-state index in [9.17, 15) is 19.7 Å². The van der Waals surface area contributed by atoms with Crippen LogP contribution in [0.15, 0.2) is 12.3 Å². The van der Waals surface area contributed by atoms with Gasteiger partial charge in [-0.2, -0.15) is 0 Å². The number of carbonyl (C=O) groups excluding carboxylic acids is 1. The van der Waals surface area contributed by atoms with E-state index >= 15 is 0 Å². The number of nitrogens with zero attached hydrogens (tertiary/aromatic N) is 2. The molecule has 0 spiro atoms. The molecule has 0 aliphatic rings. The quantitative estimate of drug-likeness (QED) is 0.451. The van der Waals surface area contributed by atoms with Gasteiger partial charge >= 0.3 is 5.97 Å². The predicted molar refractivity (Wildman–Crippen MR) is 74.3 cm³/mol. The van der Waals surface area contributed by atoms with Gasteiger partial charge in [0.25, 0.3) is 11.6 Å². The lowest BCUT2D eigenvalue weighted by Gasteiger charge is -2.16. The van der Waals surface area contributed by atoms with Crippen LogP contribution in [0.5, 0.6) is 0 Å². The van der Waals surface area contributed by atoms with Crippen molar-refractivity contribution in [1.29, 1.82) is 0 Å². The summed E-state index contributed by atoms with van der Waals surface area (Å²) < 4.78 is 0. The molecular formula is C12H14ClN3O5. The third kappa shape index (κ3) is 4.99. The highest BCUT2D eigenvalue weighted by atomic mass is 35.5. The second kappa shape index (κ2) is 7.53. The zero-order chi connectivity index (χ0) is 16.0. The molecule has 1 rings (SSSR count). The predicted octanol–water partition coefficient (Wildman–Crippen LogP) is 2.02. The number of nitrogens with one attached hydrogen (secondary N) is 1. The third-order valence-electron chi connectivity index (χ3n) is 2.68. The Bertz CT molecular complexity index is 564. The minimum absolute atomic E-state index is 0.0592. The molecule has 0 aliphatic heterocycles. The number of carboxylic acids is 1. The molecule has 1 aromatic heterocycles. The Labute approximate surface area is 125 Å². The molecule has 0 saturated carbocycles. The lowest BCUT2D eigenvalue weighted by Crippen LogP contribution is -2.36. The van der Waals surface area contributed by atoms with Crippen molar-refractivity contribution in [2.75, 3.05) is 0 Å². The zero-order valence-corrected chi connectivity index (χ0v) is 12.0. The van der Waals surface area contributed by atoms with Gasteiger partial charge in [0.1, 0.15) is 16.9 Å². The Kier molecular flexibility index (Phi) is 6.04. The van der Waals surface area contributed by atoms with E-state index in [4.69, 9.17) is 16.7 Å². The van der Waals surface area contributed by atoms with Crippen molar-refractivity contribution in [3.63, 3.8) is 0 Å². The van der Waals surface area contributed by atoms with Crippen molar-refractivity contribution >= 4 is 29.2 Å². The van der Waals surface area contributed by atoms with Gasteiger partial charge in [-0.1, -0.05) is 24.9 Å². The summed E-state index contributed by atoms with van der Waals surface area (Å²) in [5.41, 5.74) is -0.728. The molecule has 1 unspecified atom stereocenters. The summed E-state index contributed by atoms with van der Waals surface area (Å²) in [6.45, 7) is 1.84. The van der Waals surface area contributed by atoms with E-state index in [-0.39, 0.29) is 17.1 Å². The highest BCUT2D eigenvalue weighted by Gasteiger charge is 2.24. The topological polar surface area (TPSA) is 122 Å². The van der Waals surface area contributed by atoms with Crippen molar-refractivity contribution in [2.45, 2.75) is 32.2 Å². The molecule has 0 aliphatic carbocycles. The second-order valence-corrected chi connectivity index (χ2v) is 4.73. The van der Waals surface area contributed by atoms with E-state index in [1.807, 2.05) is 6.92 Å². The number of amides is 1. The van der Waals surface area contributed by atoms with Gasteiger partial charge in [0.2, 0.25) is 0 Å². The molecule has 0 bridgehead atoms. The molecule has 9 heteroatoms. The SMILES string of the molecule is CCCC(CC(=O)O)NC(=O)c1cc(Cl)ncc1[N+](=O)[O-]. The van der Waals surface area contributed by atoms with E-state index in [0.29, 0.717) is 12.8 Å². The van der Waals surface area contributed by atoms with Gasteiger partial charge in [0, 0.05) is 6.04 Å². The molecule has 1 heterocycles. The highest BCUT2D eigenvalue weighted by molar-refractivity contribution is 6.29. The first-order valence-electron chi connectivity index (χ1n) is 6.17. The van der Waals surface area contributed by atoms with Crippen LogP contribution in [0.3, 0.4) is 0 Å². The molecule has 1 amide bonds. The number of nitro groups is 1. The summed E-state index contributed by atoms with van der Waals surface area (Å²) in [6.07, 6.45) is 1.75. The molecular weight excluding hydrogens is 302 g/mol. The Hall–Kier alpha value is -2.22. The number of halogens is 1. The van der Waals surface area contributed by atoms with E-state index in [1.165, 1.54) is 0 Å². The summed E-state index contributed by atoms with van der Waals surface area (Å²) in [7, 11) is 0. The molecule has 0 aromatic carbocycles. The first kappa shape index (κ1) is 16.8. The fraction of sp³-hybridized carbons (Fsp3) is 0.417. The maximum absolute atomic E-state index is 12.1. The van der Waals surface area contributed by atoms with Crippen molar-refractivity contribution < 1.29 is 19.6 Å². The van der Waals surface area contributed by atoms with Crippen molar-refractivity contribution in [3.05, 3.63) is 33.1 Å². The summed E-state index contributed by atoms with van der Waals surface area (Å²) in [6, 6.07) is 0.477. The molecule has 1 aromatic rings. The molecule has 8 nitrogen and oxygen atoms in total. The van der Waals surface area contributed by atoms with Crippen LogP contribution in [0.4, 0.5) is 5.69 Å². The van der Waals surface area contributed by atoms with Crippen LogP contribution in [0.25, 0.3) is 0 Å². The maximum Gasteiger partial charge on any atom is 0.305 e. The molecule has 2 N–H and O–H groups in total. The normalized spacial score (nSPS) is 11.7. The molecule has 0 radical (unpaired) electrons. The number of hydrogen-bond donors (Lipinski definition) is 2. The molecule has 1 atom stereocenters. The average Bonchev–Trinajstić information content (AvgIpc) is 2.37. The van der Waals surface area contributed by atoms with Gasteiger partial charge < -0.3 is 10.4 Å². The number of hydrogen-bond acceptors (Lipinski definition) is 5. The maximum atomic E-state index is 12.1. The molecule has 114 valence electrons. The Balaban J connectivity index is 2.98. The second-order valence-electron chi connectivity index (χ2n) is 4.34. The van der Waals surface area contributed by atoms with Gasteiger partial charge in [-0.25, -0.2) is 4.98 Å². The number of carboxylic acid groups (broad SMARTS) is 1. The molecule has 21 heavy (non-hydrogen) atoms. The van der Waals surface area contributed by atoms with Crippen LogP contribution in [-0.4, -0.2) is 32.9 Å². The average molecular weight is 316 g/mol. The lowest BCUT2D eigenvalue weighted by molar-refractivity contribution is -0.385. The van der Waals surface area contributed by atoms with Crippen LogP contribution >= 0.6 is 11.6 Å². The number of rotatable bonds is 7. The Morgan fingerprint density at radius 1 is 1.57 bits per heavy atom. The standard InChI is InChI=1S/C12H14ClN3O5/c1-2-3-7(4-11(17)18)15-12(19)8-5-10(13)14-6-9(8)16(20)21/h5-7H,2-4H2,1H3,(H,15,19)(H,17,18). The van der Waals surface area contributed by atoms with Crippen molar-refractivity contribution in [2.24, 2.45) is 0 Å². The van der Waals surface area contributed by atoms with Crippen molar-refractivity contribution in [3.8, 4) is 0 Å². The van der Waals surface area contributed by atoms with Crippen LogP contribution in [-0.2, 0) is 4.79 Å². The minimum atomic E-state index is -1.06. The minimum Gasteiger partial charge on any atom is -0.481 e. The van der Waals surface area contributed by atoms with Gasteiger partial charge in [0.15, 0.2) is 0 Å². The number of aliphatic carboxylic acids is 1. The third-order valence-corrected chi connectivity index (χ3v) is 2.89. The van der Waals surface area contributed by atoms with Crippen LogP contribution in [0.1, 0.15) is 36.5 Å². The zero-order valence-electron chi connectivity index (χ0n) is 11.2. The Morgan fingerprint density at radius 3 is 2.76 bits per heavy atom. The lowest BCUT2D eigenvalue weighted by atomic mass is 10.1. The summed E-state index contributed by atoms with van der Waals surface area (Å²) >= 11 is 5.64. The summed E-state index contributed by atoms with van der Waals surface area (Å²) in [4.78, 5) is 36.5. The van der Waals surface area contributed by atoms with E-state index in [0.717, 1.165) is 12.3 Å². The largest absolute Gasteiger partial charge is 0.481 e. The Morgan fingerprint density at radius 2 is 2.24 bits per heavy atom. The van der Waals surface area contributed by atoms with E-state index < -0.39 is 28.5 Å². The van der Waals surface area contributed by atoms with E-state index in [2.05, 4.69) is 10.3 Å². The van der Waals surface area contributed by atoms with Crippen molar-refractivity contribution in [1.82, 2.24) is 10.3 Å².